The molecule has 0 saturated carbocycles. The van der Waals surface area contributed by atoms with Crippen molar-refractivity contribution in [1.29, 1.82) is 0 Å². The van der Waals surface area contributed by atoms with Crippen LogP contribution in [-0.2, 0) is 9.53 Å². The molecule has 3 aromatic carbocycles. The van der Waals surface area contributed by atoms with Crippen LogP contribution in [0.5, 0.6) is 0 Å². The van der Waals surface area contributed by atoms with Gasteiger partial charge in [0.1, 0.15) is 5.82 Å². The number of rotatable bonds is 6. The van der Waals surface area contributed by atoms with Crippen molar-refractivity contribution in [2.24, 2.45) is 0 Å². The van der Waals surface area contributed by atoms with Crippen LogP contribution < -0.4 is 10.5 Å². The van der Waals surface area contributed by atoms with Gasteiger partial charge in [-0.05, 0) is 62.4 Å². The zero-order valence-corrected chi connectivity index (χ0v) is 18.4. The second kappa shape index (κ2) is 9.48. The van der Waals surface area contributed by atoms with Crippen LogP contribution in [-0.4, -0.2) is 34.6 Å². The average molecular weight is 441 g/mol. The minimum Gasteiger partial charge on any atom is -0.452 e. The number of hydrogen-bond donors (Lipinski definition) is 0. The number of carbonyl (C=O) groups excluding carboxylic acids is 2. The molecule has 1 aromatic heterocycles. The molecule has 33 heavy (non-hydrogen) atoms. The number of esters is 1. The molecule has 1 heterocycles. The van der Waals surface area contributed by atoms with Crippen molar-refractivity contribution < 1.29 is 14.3 Å². The van der Waals surface area contributed by atoms with Gasteiger partial charge in [-0.1, -0.05) is 30.3 Å². The van der Waals surface area contributed by atoms with E-state index in [0.29, 0.717) is 29.0 Å². The summed E-state index contributed by atoms with van der Waals surface area (Å²) in [6.45, 7) is 3.71. The smallest absolute Gasteiger partial charge is 0.338 e. The summed E-state index contributed by atoms with van der Waals surface area (Å²) < 4.78 is 6.73. The highest BCUT2D eigenvalue weighted by Gasteiger charge is 2.17. The number of anilines is 1. The van der Waals surface area contributed by atoms with Crippen LogP contribution in [0.15, 0.2) is 83.7 Å². The Bertz CT molecular complexity index is 1360. The lowest BCUT2D eigenvalue weighted by atomic mass is 10.2. The topological polar surface area (TPSA) is 81.5 Å². The number of likely N-dealkylation sites (N-methyl/N-ethyl adjacent to an activating group) is 1. The molecular formula is C26H23N3O4. The van der Waals surface area contributed by atoms with Gasteiger partial charge in [0, 0.05) is 12.2 Å². The predicted molar refractivity (Wildman–Crippen MR) is 127 cm³/mol. The lowest BCUT2D eigenvalue weighted by Gasteiger charge is -2.20. The molecule has 0 unspecified atom stereocenters. The number of aryl methyl sites for hydroxylation is 1. The van der Waals surface area contributed by atoms with E-state index in [1.165, 1.54) is 4.57 Å². The molecule has 0 aliphatic carbocycles. The van der Waals surface area contributed by atoms with Gasteiger partial charge < -0.3 is 9.64 Å². The third kappa shape index (κ3) is 4.52. The fourth-order valence-corrected chi connectivity index (χ4v) is 3.69. The Hall–Kier alpha value is -4.26. The SMILES string of the molecule is CCN(C(=O)COC(=O)c1ccc(-n2c(C)nc3ccccc3c2=O)cc1)c1ccccc1. The van der Waals surface area contributed by atoms with E-state index < -0.39 is 5.97 Å². The first-order chi connectivity index (χ1) is 16.0. The molecule has 0 atom stereocenters. The van der Waals surface area contributed by atoms with Gasteiger partial charge in [0.25, 0.3) is 11.5 Å². The summed E-state index contributed by atoms with van der Waals surface area (Å²) in [7, 11) is 0. The fourth-order valence-electron chi connectivity index (χ4n) is 3.69. The van der Waals surface area contributed by atoms with Crippen molar-refractivity contribution in [3.8, 4) is 5.69 Å². The van der Waals surface area contributed by atoms with Gasteiger partial charge in [-0.15, -0.1) is 0 Å². The van der Waals surface area contributed by atoms with E-state index in [9.17, 15) is 14.4 Å². The summed E-state index contributed by atoms with van der Waals surface area (Å²) in [5, 5.41) is 0.518. The molecule has 0 radical (unpaired) electrons. The molecule has 0 spiro atoms. The van der Waals surface area contributed by atoms with Crippen LogP contribution in [0.3, 0.4) is 0 Å². The standard InChI is InChI=1S/C26H23N3O4/c1-3-28(20-9-5-4-6-10-20)24(30)17-33-26(32)19-13-15-21(16-14-19)29-18(2)27-23-12-8-7-11-22(23)25(29)31/h4-16H,3,17H2,1-2H3. The van der Waals surface area contributed by atoms with E-state index >= 15 is 0 Å². The number of benzene rings is 3. The highest BCUT2D eigenvalue weighted by atomic mass is 16.5. The Balaban J connectivity index is 1.49. The Morgan fingerprint density at radius 3 is 2.30 bits per heavy atom. The highest BCUT2D eigenvalue weighted by Crippen LogP contribution is 2.15. The Kier molecular flexibility index (Phi) is 6.31. The van der Waals surface area contributed by atoms with E-state index in [2.05, 4.69) is 4.98 Å². The monoisotopic (exact) mass is 441 g/mol. The van der Waals surface area contributed by atoms with Gasteiger partial charge in [-0.2, -0.15) is 0 Å². The third-order valence-electron chi connectivity index (χ3n) is 5.32. The van der Waals surface area contributed by atoms with Crippen LogP contribution >= 0.6 is 0 Å². The lowest BCUT2D eigenvalue weighted by molar-refractivity contribution is -0.121. The van der Waals surface area contributed by atoms with E-state index in [0.717, 1.165) is 5.69 Å². The van der Waals surface area contributed by atoms with Crippen LogP contribution in [0.25, 0.3) is 16.6 Å². The zero-order valence-electron chi connectivity index (χ0n) is 18.4. The molecule has 0 fully saturated rings. The third-order valence-corrected chi connectivity index (χ3v) is 5.32. The molecule has 0 saturated heterocycles. The molecule has 4 rings (SSSR count). The maximum Gasteiger partial charge on any atom is 0.338 e. The van der Waals surface area contributed by atoms with Crippen LogP contribution in [0.1, 0.15) is 23.1 Å². The van der Waals surface area contributed by atoms with E-state index in [-0.39, 0.29) is 23.6 Å². The number of para-hydroxylation sites is 2. The van der Waals surface area contributed by atoms with Gasteiger partial charge in [0.15, 0.2) is 6.61 Å². The summed E-state index contributed by atoms with van der Waals surface area (Å²) in [6.07, 6.45) is 0. The molecule has 0 aliphatic rings. The van der Waals surface area contributed by atoms with Crippen molar-refractivity contribution in [2.45, 2.75) is 13.8 Å². The predicted octanol–water partition coefficient (Wildman–Crippen LogP) is 3.90. The summed E-state index contributed by atoms with van der Waals surface area (Å²) in [5.41, 5.74) is 2.07. The van der Waals surface area contributed by atoms with Crippen molar-refractivity contribution in [3.63, 3.8) is 0 Å². The minimum atomic E-state index is -0.611. The van der Waals surface area contributed by atoms with Gasteiger partial charge in [-0.25, -0.2) is 9.78 Å². The molecule has 1 amide bonds. The lowest BCUT2D eigenvalue weighted by Crippen LogP contribution is -2.34. The summed E-state index contributed by atoms with van der Waals surface area (Å²) in [4.78, 5) is 44.0. The van der Waals surface area contributed by atoms with Gasteiger partial charge in [-0.3, -0.25) is 14.2 Å². The number of aromatic nitrogens is 2. The number of fused-ring (bicyclic) bond motifs is 1. The Labute approximate surface area is 190 Å². The van der Waals surface area contributed by atoms with Crippen molar-refractivity contribution in [1.82, 2.24) is 9.55 Å². The summed E-state index contributed by atoms with van der Waals surface area (Å²) in [6, 6.07) is 22.8. The van der Waals surface area contributed by atoms with Crippen LogP contribution in [0.4, 0.5) is 5.69 Å². The molecule has 0 bridgehead atoms. The average Bonchev–Trinajstić information content (AvgIpc) is 2.84. The number of ether oxygens (including phenoxy) is 1. The number of nitrogens with zero attached hydrogens (tertiary/aromatic N) is 3. The molecule has 7 heteroatoms. The van der Waals surface area contributed by atoms with E-state index in [4.69, 9.17) is 4.74 Å². The molecular weight excluding hydrogens is 418 g/mol. The first-order valence-electron chi connectivity index (χ1n) is 10.6. The van der Waals surface area contributed by atoms with Crippen molar-refractivity contribution in [2.75, 3.05) is 18.1 Å². The van der Waals surface area contributed by atoms with E-state index in [1.807, 2.05) is 43.3 Å². The minimum absolute atomic E-state index is 0.181. The van der Waals surface area contributed by atoms with Gasteiger partial charge in [0.2, 0.25) is 0 Å². The fraction of sp³-hybridized carbons (Fsp3) is 0.154. The van der Waals surface area contributed by atoms with Crippen molar-refractivity contribution in [3.05, 3.63) is 101 Å². The maximum absolute atomic E-state index is 12.9. The Morgan fingerprint density at radius 2 is 1.61 bits per heavy atom. The Morgan fingerprint density at radius 1 is 0.939 bits per heavy atom. The number of hydrogen-bond acceptors (Lipinski definition) is 5. The number of amides is 1. The number of carbonyl (C=O) groups is 2. The first kappa shape index (κ1) is 22.0. The molecule has 4 aromatic rings. The largest absolute Gasteiger partial charge is 0.452 e. The molecule has 166 valence electrons. The summed E-state index contributed by atoms with van der Waals surface area (Å²) in [5.74, 6) is -0.377. The maximum atomic E-state index is 12.9. The second-order valence-electron chi connectivity index (χ2n) is 7.41. The van der Waals surface area contributed by atoms with E-state index in [1.54, 1.807) is 54.3 Å². The van der Waals surface area contributed by atoms with Crippen LogP contribution in [0, 0.1) is 6.92 Å². The van der Waals surface area contributed by atoms with Crippen LogP contribution in [0.2, 0.25) is 0 Å². The molecule has 0 N–H and O–H groups in total. The highest BCUT2D eigenvalue weighted by molar-refractivity contribution is 5.97. The van der Waals surface area contributed by atoms with Crippen molar-refractivity contribution >= 4 is 28.5 Å². The second-order valence-corrected chi connectivity index (χ2v) is 7.41. The normalized spacial score (nSPS) is 10.7. The molecule has 7 nitrogen and oxygen atoms in total. The summed E-state index contributed by atoms with van der Waals surface area (Å²) >= 11 is 0. The zero-order chi connectivity index (χ0) is 23.4. The first-order valence-corrected chi connectivity index (χ1v) is 10.6. The van der Waals surface area contributed by atoms with Gasteiger partial charge >= 0.3 is 5.97 Å². The van der Waals surface area contributed by atoms with Gasteiger partial charge in [0.05, 0.1) is 22.2 Å². The molecule has 0 aliphatic heterocycles. The quantitative estimate of drug-likeness (QED) is 0.424.